The van der Waals surface area contributed by atoms with Crippen LogP contribution in [-0.2, 0) is 17.8 Å². The van der Waals surface area contributed by atoms with Gasteiger partial charge in [0.15, 0.2) is 5.16 Å². The number of carbonyl (C=O) groups is 1. The topological polar surface area (TPSA) is 55.1 Å². The predicted octanol–water partition coefficient (Wildman–Crippen LogP) is 4.91. The summed E-state index contributed by atoms with van der Waals surface area (Å²) in [6.45, 7) is 6.37. The Kier molecular flexibility index (Phi) is 7.59. The summed E-state index contributed by atoms with van der Waals surface area (Å²) in [5, 5.41) is 11.0. The Bertz CT molecular complexity index is 730. The molecule has 0 aliphatic heterocycles. The van der Waals surface area contributed by atoms with Crippen LogP contribution in [0.5, 0.6) is 0 Å². The molecule has 0 radical (unpaired) electrons. The van der Waals surface area contributed by atoms with E-state index in [2.05, 4.69) is 23.1 Å². The summed E-state index contributed by atoms with van der Waals surface area (Å²) in [7, 11) is 0. The largest absolute Gasteiger partial charge is 0.481 e. The number of rotatable bonds is 10. The zero-order valence-corrected chi connectivity index (χ0v) is 15.9. The number of hydrogen-bond donors (Lipinski definition) is 1. The number of nitrogens with zero attached hydrogens (tertiary/aromatic N) is 2. The van der Waals surface area contributed by atoms with Gasteiger partial charge in [-0.3, -0.25) is 4.79 Å². The van der Waals surface area contributed by atoms with Crippen molar-refractivity contribution in [1.29, 1.82) is 0 Å². The molecule has 0 saturated heterocycles. The second-order valence-corrected chi connectivity index (χ2v) is 7.29. The lowest BCUT2D eigenvalue weighted by molar-refractivity contribution is -0.141. The van der Waals surface area contributed by atoms with Crippen molar-refractivity contribution in [3.8, 4) is 0 Å². The van der Waals surface area contributed by atoms with Gasteiger partial charge in [0, 0.05) is 29.1 Å². The van der Waals surface area contributed by atoms with Crippen molar-refractivity contribution in [2.45, 2.75) is 37.9 Å². The Morgan fingerprint density at radius 3 is 2.88 bits per heavy atom. The van der Waals surface area contributed by atoms with Gasteiger partial charge in [0.1, 0.15) is 0 Å². The quantitative estimate of drug-likeness (QED) is 0.471. The number of carboxylic acid groups (broad SMARTS) is 1. The number of aliphatic carboxylic acids is 1. The molecule has 2 rings (SSSR count). The molecule has 134 valence electrons. The first kappa shape index (κ1) is 19.6. The van der Waals surface area contributed by atoms with Gasteiger partial charge in [-0.15, -0.1) is 6.58 Å². The standard InChI is InChI=1S/C19H23ClN2O2S/c1-3-7-14(18(23)24)11-16-12-21-19(25-10-4-2)22(16)13-15-8-5-6-9-17(15)20/h3,5-6,8-9,12,14H,1,4,7,10-11,13H2,2H3,(H,23,24). The fourth-order valence-electron chi connectivity index (χ4n) is 2.55. The number of imidazole rings is 1. The maximum absolute atomic E-state index is 11.5. The normalized spacial score (nSPS) is 12.1. The van der Waals surface area contributed by atoms with E-state index in [1.807, 2.05) is 24.3 Å². The van der Waals surface area contributed by atoms with Crippen LogP contribution in [0.15, 0.2) is 48.3 Å². The predicted molar refractivity (Wildman–Crippen MR) is 103 cm³/mol. The summed E-state index contributed by atoms with van der Waals surface area (Å²) in [6, 6.07) is 7.70. The Balaban J connectivity index is 2.32. The molecule has 25 heavy (non-hydrogen) atoms. The molecule has 0 aliphatic rings. The lowest BCUT2D eigenvalue weighted by atomic mass is 10.00. The molecule has 1 atom stereocenters. The maximum Gasteiger partial charge on any atom is 0.307 e. The Morgan fingerprint density at radius 2 is 2.24 bits per heavy atom. The molecular weight excluding hydrogens is 356 g/mol. The van der Waals surface area contributed by atoms with Gasteiger partial charge in [0.25, 0.3) is 0 Å². The molecule has 0 aliphatic carbocycles. The Morgan fingerprint density at radius 1 is 1.48 bits per heavy atom. The van der Waals surface area contributed by atoms with Crippen molar-refractivity contribution in [2.24, 2.45) is 5.92 Å². The van der Waals surface area contributed by atoms with Gasteiger partial charge in [-0.05, 0) is 24.5 Å². The number of benzene rings is 1. The minimum atomic E-state index is -0.812. The zero-order chi connectivity index (χ0) is 18.2. The van der Waals surface area contributed by atoms with Gasteiger partial charge in [0.2, 0.25) is 0 Å². The maximum atomic E-state index is 11.5. The summed E-state index contributed by atoms with van der Waals surface area (Å²) in [5.41, 5.74) is 1.91. The third-order valence-electron chi connectivity index (χ3n) is 3.88. The first-order chi connectivity index (χ1) is 12.1. The van der Waals surface area contributed by atoms with Crippen LogP contribution in [0, 0.1) is 5.92 Å². The number of carboxylic acids is 1. The highest BCUT2D eigenvalue weighted by Gasteiger charge is 2.20. The third kappa shape index (κ3) is 5.38. The van der Waals surface area contributed by atoms with E-state index >= 15 is 0 Å². The highest BCUT2D eigenvalue weighted by molar-refractivity contribution is 7.99. The number of thioether (sulfide) groups is 1. The van der Waals surface area contributed by atoms with Gasteiger partial charge >= 0.3 is 5.97 Å². The van der Waals surface area contributed by atoms with Crippen molar-refractivity contribution >= 4 is 29.3 Å². The molecule has 1 unspecified atom stereocenters. The second kappa shape index (κ2) is 9.68. The summed E-state index contributed by atoms with van der Waals surface area (Å²) in [4.78, 5) is 16.0. The van der Waals surface area contributed by atoms with Gasteiger partial charge in [-0.25, -0.2) is 4.98 Å². The minimum Gasteiger partial charge on any atom is -0.481 e. The van der Waals surface area contributed by atoms with E-state index in [0.717, 1.165) is 28.6 Å². The van der Waals surface area contributed by atoms with Gasteiger partial charge in [0.05, 0.1) is 12.5 Å². The van der Waals surface area contributed by atoms with Crippen LogP contribution in [0.2, 0.25) is 5.02 Å². The highest BCUT2D eigenvalue weighted by atomic mass is 35.5. The van der Waals surface area contributed by atoms with Crippen LogP contribution in [-0.4, -0.2) is 26.4 Å². The van der Waals surface area contributed by atoms with Crippen LogP contribution in [0.4, 0.5) is 0 Å². The van der Waals surface area contributed by atoms with Gasteiger partial charge in [-0.1, -0.05) is 54.6 Å². The molecule has 1 N–H and O–H groups in total. The molecule has 0 saturated carbocycles. The van der Waals surface area contributed by atoms with Crippen LogP contribution < -0.4 is 0 Å². The van der Waals surface area contributed by atoms with E-state index in [-0.39, 0.29) is 0 Å². The van der Waals surface area contributed by atoms with Gasteiger partial charge < -0.3 is 9.67 Å². The smallest absolute Gasteiger partial charge is 0.307 e. The highest BCUT2D eigenvalue weighted by Crippen LogP contribution is 2.25. The molecule has 1 heterocycles. The van der Waals surface area contributed by atoms with Crippen LogP contribution in [0.3, 0.4) is 0 Å². The average molecular weight is 379 g/mol. The van der Waals surface area contributed by atoms with E-state index in [9.17, 15) is 9.90 Å². The molecule has 0 fully saturated rings. The third-order valence-corrected chi connectivity index (χ3v) is 5.44. The summed E-state index contributed by atoms with van der Waals surface area (Å²) in [5.74, 6) is -0.343. The SMILES string of the molecule is C=CCC(Cc1cnc(SCCC)n1Cc1ccccc1Cl)C(=O)O. The van der Waals surface area contributed by atoms with Crippen molar-refractivity contribution in [3.63, 3.8) is 0 Å². The molecule has 2 aromatic rings. The summed E-state index contributed by atoms with van der Waals surface area (Å²) >= 11 is 7.99. The van der Waals surface area contributed by atoms with E-state index in [1.165, 1.54) is 0 Å². The zero-order valence-electron chi connectivity index (χ0n) is 14.3. The summed E-state index contributed by atoms with van der Waals surface area (Å²) < 4.78 is 2.08. The van der Waals surface area contributed by atoms with Crippen molar-refractivity contribution in [3.05, 3.63) is 59.4 Å². The van der Waals surface area contributed by atoms with E-state index in [1.54, 1.807) is 24.0 Å². The number of hydrogen-bond acceptors (Lipinski definition) is 3. The van der Waals surface area contributed by atoms with E-state index in [4.69, 9.17) is 11.6 Å². The van der Waals surface area contributed by atoms with Crippen molar-refractivity contribution in [2.75, 3.05) is 5.75 Å². The Hall–Kier alpha value is -1.72. The molecule has 1 aromatic heterocycles. The van der Waals surface area contributed by atoms with Gasteiger partial charge in [-0.2, -0.15) is 0 Å². The second-order valence-electron chi connectivity index (χ2n) is 5.82. The summed E-state index contributed by atoms with van der Waals surface area (Å²) in [6.07, 6.45) is 5.34. The fourth-order valence-corrected chi connectivity index (χ4v) is 3.60. The average Bonchev–Trinajstić information content (AvgIpc) is 2.96. The molecule has 1 aromatic carbocycles. The lowest BCUT2D eigenvalue weighted by Gasteiger charge is -2.15. The first-order valence-electron chi connectivity index (χ1n) is 8.31. The molecule has 0 spiro atoms. The van der Waals surface area contributed by atoms with Crippen molar-refractivity contribution in [1.82, 2.24) is 9.55 Å². The Labute approximate surface area is 157 Å². The molecule has 0 amide bonds. The van der Waals surface area contributed by atoms with Crippen molar-refractivity contribution < 1.29 is 9.90 Å². The molecule has 6 heteroatoms. The molecule has 0 bridgehead atoms. The lowest BCUT2D eigenvalue weighted by Crippen LogP contribution is -2.18. The molecule has 4 nitrogen and oxygen atoms in total. The first-order valence-corrected chi connectivity index (χ1v) is 9.67. The monoisotopic (exact) mass is 378 g/mol. The van der Waals surface area contributed by atoms with Crippen LogP contribution in [0.25, 0.3) is 0 Å². The number of halogens is 1. The number of aromatic nitrogens is 2. The minimum absolute atomic E-state index is 0.422. The number of allylic oxidation sites excluding steroid dienone is 1. The fraction of sp³-hybridized carbons (Fsp3) is 0.368. The van der Waals surface area contributed by atoms with Crippen LogP contribution in [0.1, 0.15) is 31.0 Å². The van der Waals surface area contributed by atoms with E-state index in [0.29, 0.717) is 24.4 Å². The van der Waals surface area contributed by atoms with E-state index < -0.39 is 11.9 Å². The molecular formula is C19H23ClN2O2S. The van der Waals surface area contributed by atoms with Crippen LogP contribution >= 0.6 is 23.4 Å².